The summed E-state index contributed by atoms with van der Waals surface area (Å²) in [6.45, 7) is 6.89. The van der Waals surface area contributed by atoms with Gasteiger partial charge in [-0.1, -0.05) is 25.4 Å². The Bertz CT molecular complexity index is 601. The highest BCUT2D eigenvalue weighted by Crippen LogP contribution is 2.34. The molecule has 2 amide bonds. The fourth-order valence-electron chi connectivity index (χ4n) is 2.51. The van der Waals surface area contributed by atoms with Gasteiger partial charge in [0.1, 0.15) is 17.4 Å². The summed E-state index contributed by atoms with van der Waals surface area (Å²) in [5, 5.41) is 2.94. The van der Waals surface area contributed by atoms with Gasteiger partial charge in [-0.25, -0.2) is 4.39 Å². The molecule has 4 nitrogen and oxygen atoms in total. The summed E-state index contributed by atoms with van der Waals surface area (Å²) in [7, 11) is 0. The second-order valence-electron chi connectivity index (χ2n) is 6.07. The fourth-order valence-corrected chi connectivity index (χ4v) is 2.72. The zero-order valence-corrected chi connectivity index (χ0v) is 13.2. The molecule has 1 heterocycles. The predicted molar refractivity (Wildman–Crippen MR) is 79.7 cm³/mol. The molecule has 0 aromatic heterocycles. The van der Waals surface area contributed by atoms with Crippen molar-refractivity contribution in [3.05, 3.63) is 29.0 Å². The molecule has 0 spiro atoms. The third-order valence-electron chi connectivity index (χ3n) is 3.54. The number of nitrogens with zero attached hydrogens (tertiary/aromatic N) is 1. The van der Waals surface area contributed by atoms with E-state index in [1.165, 1.54) is 23.1 Å². The molecular weight excluding hydrogens is 295 g/mol. The van der Waals surface area contributed by atoms with Crippen LogP contribution in [0.1, 0.15) is 27.7 Å². The molecule has 1 fully saturated rings. The van der Waals surface area contributed by atoms with E-state index in [1.54, 1.807) is 13.8 Å². The van der Waals surface area contributed by atoms with Crippen LogP contribution < -0.4 is 10.2 Å². The average Bonchev–Trinajstić information content (AvgIpc) is 2.35. The Morgan fingerprint density at radius 1 is 1.33 bits per heavy atom. The number of anilines is 1. The number of amides is 2. The van der Waals surface area contributed by atoms with E-state index in [1.807, 2.05) is 13.8 Å². The van der Waals surface area contributed by atoms with Crippen LogP contribution in [0.2, 0.25) is 5.02 Å². The van der Waals surface area contributed by atoms with Crippen molar-refractivity contribution < 1.29 is 14.0 Å². The van der Waals surface area contributed by atoms with E-state index in [0.717, 1.165) is 0 Å². The minimum absolute atomic E-state index is 0.135. The molecule has 6 heteroatoms. The summed E-state index contributed by atoms with van der Waals surface area (Å²) in [6, 6.07) is 3.07. The summed E-state index contributed by atoms with van der Waals surface area (Å²) in [5.74, 6) is -1.22. The third-order valence-corrected chi connectivity index (χ3v) is 3.85. The van der Waals surface area contributed by atoms with E-state index < -0.39 is 17.4 Å². The number of carbonyl (C=O) groups excluding carboxylic acids is 2. The van der Waals surface area contributed by atoms with Gasteiger partial charge < -0.3 is 5.32 Å². The standard InChI is InChI=1S/C15H18ClFN2O2/c1-8(2)12-13(20)18-15(3,4)14(21)19(12)11-7-9(17)5-6-10(11)16/h5-8,12H,1-4H3,(H,18,20). The molecule has 1 aliphatic heterocycles. The first-order chi connectivity index (χ1) is 9.65. The summed E-state index contributed by atoms with van der Waals surface area (Å²) >= 11 is 6.11. The Kier molecular flexibility index (Phi) is 3.97. The highest BCUT2D eigenvalue weighted by molar-refractivity contribution is 6.34. The predicted octanol–water partition coefficient (Wildman–Crippen LogP) is 2.75. The van der Waals surface area contributed by atoms with Crippen LogP contribution in [-0.2, 0) is 9.59 Å². The lowest BCUT2D eigenvalue weighted by atomic mass is 9.91. The van der Waals surface area contributed by atoms with Crippen molar-refractivity contribution in [2.75, 3.05) is 4.90 Å². The van der Waals surface area contributed by atoms with Crippen LogP contribution in [0.3, 0.4) is 0 Å². The minimum Gasteiger partial charge on any atom is -0.340 e. The van der Waals surface area contributed by atoms with E-state index in [9.17, 15) is 14.0 Å². The van der Waals surface area contributed by atoms with Gasteiger partial charge in [0.25, 0.3) is 5.91 Å². The van der Waals surface area contributed by atoms with Crippen LogP contribution >= 0.6 is 11.6 Å². The highest BCUT2D eigenvalue weighted by Gasteiger charge is 2.47. The average molecular weight is 313 g/mol. The van der Waals surface area contributed by atoms with Crippen molar-refractivity contribution in [2.24, 2.45) is 5.92 Å². The molecule has 0 radical (unpaired) electrons. The topological polar surface area (TPSA) is 49.4 Å². The molecule has 0 saturated carbocycles. The monoisotopic (exact) mass is 312 g/mol. The first-order valence-electron chi connectivity index (χ1n) is 6.76. The lowest BCUT2D eigenvalue weighted by Gasteiger charge is -2.44. The second-order valence-corrected chi connectivity index (χ2v) is 6.48. The van der Waals surface area contributed by atoms with Gasteiger partial charge in [-0.3, -0.25) is 14.5 Å². The van der Waals surface area contributed by atoms with Crippen molar-refractivity contribution in [3.8, 4) is 0 Å². The SMILES string of the molecule is CC(C)C1C(=O)NC(C)(C)C(=O)N1c1cc(F)ccc1Cl. The lowest BCUT2D eigenvalue weighted by molar-refractivity contribution is -0.138. The van der Waals surface area contributed by atoms with Crippen molar-refractivity contribution in [1.29, 1.82) is 0 Å². The van der Waals surface area contributed by atoms with E-state index in [2.05, 4.69) is 5.32 Å². The summed E-state index contributed by atoms with van der Waals surface area (Å²) in [5.41, 5.74) is -0.832. The van der Waals surface area contributed by atoms with Gasteiger partial charge in [0, 0.05) is 0 Å². The fraction of sp³-hybridized carbons (Fsp3) is 0.467. The van der Waals surface area contributed by atoms with Crippen LogP contribution in [0.4, 0.5) is 10.1 Å². The van der Waals surface area contributed by atoms with Crippen LogP contribution in [-0.4, -0.2) is 23.4 Å². The number of rotatable bonds is 2. The Morgan fingerprint density at radius 2 is 1.95 bits per heavy atom. The van der Waals surface area contributed by atoms with Crippen LogP contribution in [0, 0.1) is 11.7 Å². The normalized spacial score (nSPS) is 21.7. The molecule has 21 heavy (non-hydrogen) atoms. The van der Waals surface area contributed by atoms with Gasteiger partial charge in [0.15, 0.2) is 0 Å². The molecule has 1 aliphatic rings. The van der Waals surface area contributed by atoms with Crippen molar-refractivity contribution in [1.82, 2.24) is 5.32 Å². The first kappa shape index (κ1) is 15.8. The second kappa shape index (κ2) is 5.30. The number of carbonyl (C=O) groups is 2. The molecule has 0 bridgehead atoms. The van der Waals surface area contributed by atoms with Crippen LogP contribution in [0.5, 0.6) is 0 Å². The Morgan fingerprint density at radius 3 is 2.52 bits per heavy atom. The molecule has 1 atom stereocenters. The van der Waals surface area contributed by atoms with E-state index >= 15 is 0 Å². The highest BCUT2D eigenvalue weighted by atomic mass is 35.5. The van der Waals surface area contributed by atoms with Crippen molar-refractivity contribution in [2.45, 2.75) is 39.3 Å². The number of hydrogen-bond donors (Lipinski definition) is 1. The molecule has 1 aromatic carbocycles. The van der Waals surface area contributed by atoms with Gasteiger partial charge in [0.2, 0.25) is 5.91 Å². The van der Waals surface area contributed by atoms with E-state index in [-0.39, 0.29) is 28.4 Å². The maximum absolute atomic E-state index is 13.6. The number of nitrogens with one attached hydrogen (secondary N) is 1. The number of benzene rings is 1. The third kappa shape index (κ3) is 2.75. The van der Waals surface area contributed by atoms with Gasteiger partial charge in [-0.05, 0) is 38.0 Å². The minimum atomic E-state index is -1.06. The molecule has 1 N–H and O–H groups in total. The number of piperazine rings is 1. The molecule has 1 saturated heterocycles. The molecular formula is C15H18ClFN2O2. The number of hydrogen-bond acceptors (Lipinski definition) is 2. The summed E-state index contributed by atoms with van der Waals surface area (Å²) < 4.78 is 13.6. The first-order valence-corrected chi connectivity index (χ1v) is 7.13. The van der Waals surface area contributed by atoms with Gasteiger partial charge in [0.05, 0.1) is 10.7 Å². The van der Waals surface area contributed by atoms with Crippen LogP contribution in [0.15, 0.2) is 18.2 Å². The quantitative estimate of drug-likeness (QED) is 0.913. The smallest absolute Gasteiger partial charge is 0.252 e. The van der Waals surface area contributed by atoms with E-state index in [4.69, 9.17) is 11.6 Å². The zero-order chi connectivity index (χ0) is 15.9. The summed E-state index contributed by atoms with van der Waals surface area (Å²) in [6.07, 6.45) is 0. The van der Waals surface area contributed by atoms with Gasteiger partial charge in [-0.2, -0.15) is 0 Å². The van der Waals surface area contributed by atoms with E-state index in [0.29, 0.717) is 0 Å². The number of halogens is 2. The molecule has 1 unspecified atom stereocenters. The zero-order valence-electron chi connectivity index (χ0n) is 12.4. The Hall–Kier alpha value is -1.62. The Labute approximate surface area is 128 Å². The Balaban J connectivity index is 2.61. The van der Waals surface area contributed by atoms with Gasteiger partial charge >= 0.3 is 0 Å². The van der Waals surface area contributed by atoms with Crippen molar-refractivity contribution >= 4 is 29.1 Å². The van der Waals surface area contributed by atoms with Crippen LogP contribution in [0.25, 0.3) is 0 Å². The maximum Gasteiger partial charge on any atom is 0.252 e. The lowest BCUT2D eigenvalue weighted by Crippen LogP contribution is -2.69. The molecule has 114 valence electrons. The van der Waals surface area contributed by atoms with Crippen molar-refractivity contribution in [3.63, 3.8) is 0 Å². The maximum atomic E-state index is 13.6. The summed E-state index contributed by atoms with van der Waals surface area (Å²) in [4.78, 5) is 26.4. The largest absolute Gasteiger partial charge is 0.340 e. The molecule has 0 aliphatic carbocycles. The molecule has 2 rings (SSSR count). The molecule has 1 aromatic rings. The van der Waals surface area contributed by atoms with Gasteiger partial charge in [-0.15, -0.1) is 0 Å².